The van der Waals surface area contributed by atoms with Crippen molar-refractivity contribution < 1.29 is 22.6 Å². The van der Waals surface area contributed by atoms with Gasteiger partial charge in [-0.1, -0.05) is 0 Å². The van der Waals surface area contributed by atoms with E-state index in [1.165, 1.54) is 21.3 Å². The minimum absolute atomic E-state index is 0.0147. The summed E-state index contributed by atoms with van der Waals surface area (Å²) in [5.41, 5.74) is 5.71. The Morgan fingerprint density at radius 2 is 1.62 bits per heavy atom. The van der Waals surface area contributed by atoms with Crippen LogP contribution in [0.4, 0.5) is 5.69 Å². The maximum atomic E-state index is 12.0. The Hall–Kier alpha value is -1.67. The molecule has 0 spiro atoms. The molecule has 3 N–H and O–H groups in total. The van der Waals surface area contributed by atoms with Crippen LogP contribution in [0.3, 0.4) is 0 Å². The Kier molecular flexibility index (Phi) is 6.57. The number of benzene rings is 1. The van der Waals surface area contributed by atoms with Gasteiger partial charge in [-0.3, -0.25) is 4.72 Å². The average molecular weight is 318 g/mol. The standard InChI is InChI=1S/C13H22N2O5S/c1-18-11-8-10(9-12(19-2)13(11)20-3)15-21(16,17)7-5-4-6-14/h8-9,15H,4-7,14H2,1-3H3. The number of nitrogens with two attached hydrogens (primary N) is 1. The summed E-state index contributed by atoms with van der Waals surface area (Å²) in [6.45, 7) is 0.472. The molecule has 1 rings (SSSR count). The fourth-order valence-corrected chi connectivity index (χ4v) is 2.97. The third-order valence-corrected chi connectivity index (χ3v) is 4.18. The highest BCUT2D eigenvalue weighted by Gasteiger charge is 2.16. The lowest BCUT2D eigenvalue weighted by atomic mass is 10.2. The van der Waals surface area contributed by atoms with Gasteiger partial charge in [0.1, 0.15) is 0 Å². The second-order valence-corrected chi connectivity index (χ2v) is 6.17. The highest BCUT2D eigenvalue weighted by atomic mass is 32.2. The predicted octanol–water partition coefficient (Wildman–Crippen LogP) is 1.19. The molecule has 0 aliphatic heterocycles. The van der Waals surface area contributed by atoms with Crippen LogP contribution in [0.2, 0.25) is 0 Å². The first-order valence-corrected chi connectivity index (χ1v) is 8.13. The molecule has 1 aromatic rings. The number of nitrogens with one attached hydrogen (secondary N) is 1. The third kappa shape index (κ3) is 4.98. The molecule has 21 heavy (non-hydrogen) atoms. The van der Waals surface area contributed by atoms with Crippen LogP contribution in [-0.4, -0.2) is 42.0 Å². The smallest absolute Gasteiger partial charge is 0.232 e. The lowest BCUT2D eigenvalue weighted by Crippen LogP contribution is -2.17. The van der Waals surface area contributed by atoms with Crippen molar-refractivity contribution in [3.8, 4) is 17.2 Å². The van der Waals surface area contributed by atoms with Gasteiger partial charge in [-0.25, -0.2) is 8.42 Å². The highest BCUT2D eigenvalue weighted by Crippen LogP contribution is 2.40. The summed E-state index contributed by atoms with van der Waals surface area (Å²) < 4.78 is 42.0. The van der Waals surface area contributed by atoms with Crippen molar-refractivity contribution in [3.05, 3.63) is 12.1 Å². The van der Waals surface area contributed by atoms with Gasteiger partial charge in [0.15, 0.2) is 11.5 Å². The summed E-state index contributed by atoms with van der Waals surface area (Å²) in [5, 5.41) is 0. The molecule has 0 aromatic heterocycles. The van der Waals surface area contributed by atoms with Gasteiger partial charge >= 0.3 is 0 Å². The third-order valence-electron chi connectivity index (χ3n) is 2.81. The Balaban J connectivity index is 2.98. The van der Waals surface area contributed by atoms with E-state index in [2.05, 4.69) is 4.72 Å². The Morgan fingerprint density at radius 1 is 1.05 bits per heavy atom. The van der Waals surface area contributed by atoms with Crippen LogP contribution in [0, 0.1) is 0 Å². The molecule has 8 heteroatoms. The highest BCUT2D eigenvalue weighted by molar-refractivity contribution is 7.92. The number of rotatable bonds is 9. The lowest BCUT2D eigenvalue weighted by Gasteiger charge is -2.15. The van der Waals surface area contributed by atoms with Crippen molar-refractivity contribution in [2.75, 3.05) is 38.3 Å². The summed E-state index contributed by atoms with van der Waals surface area (Å²) in [7, 11) is 0.987. The zero-order chi connectivity index (χ0) is 15.9. The number of methoxy groups -OCH3 is 3. The van der Waals surface area contributed by atoms with E-state index >= 15 is 0 Å². The van der Waals surface area contributed by atoms with E-state index in [9.17, 15) is 8.42 Å². The summed E-state index contributed by atoms with van der Waals surface area (Å²) in [4.78, 5) is 0. The van der Waals surface area contributed by atoms with Gasteiger partial charge in [-0.15, -0.1) is 0 Å². The molecule has 0 atom stereocenters. The number of sulfonamides is 1. The van der Waals surface area contributed by atoms with Gasteiger partial charge in [-0.05, 0) is 19.4 Å². The molecule has 0 saturated heterocycles. The zero-order valence-electron chi connectivity index (χ0n) is 12.5. The maximum absolute atomic E-state index is 12.0. The quantitative estimate of drug-likeness (QED) is 0.664. The van der Waals surface area contributed by atoms with Gasteiger partial charge in [0.2, 0.25) is 15.8 Å². The SMILES string of the molecule is COc1cc(NS(=O)(=O)CCCCN)cc(OC)c1OC. The van der Waals surface area contributed by atoms with Crippen LogP contribution < -0.4 is 24.7 Å². The molecule has 120 valence electrons. The van der Waals surface area contributed by atoms with Crippen LogP contribution in [0.1, 0.15) is 12.8 Å². The second-order valence-electron chi connectivity index (χ2n) is 4.33. The number of anilines is 1. The summed E-state index contributed by atoms with van der Waals surface area (Å²) >= 11 is 0. The summed E-state index contributed by atoms with van der Waals surface area (Å²) in [5.74, 6) is 1.19. The molecule has 0 amide bonds. The molecule has 0 bridgehead atoms. The van der Waals surface area contributed by atoms with Crippen LogP contribution in [0.15, 0.2) is 12.1 Å². The van der Waals surface area contributed by atoms with Crippen molar-refractivity contribution in [1.82, 2.24) is 0 Å². The predicted molar refractivity (Wildman–Crippen MR) is 81.8 cm³/mol. The van der Waals surface area contributed by atoms with Crippen LogP contribution in [-0.2, 0) is 10.0 Å². The van der Waals surface area contributed by atoms with Crippen LogP contribution in [0.5, 0.6) is 17.2 Å². The first-order chi connectivity index (χ1) is 9.97. The van der Waals surface area contributed by atoms with E-state index in [0.717, 1.165) is 0 Å². The van der Waals surface area contributed by atoms with E-state index in [0.29, 0.717) is 42.3 Å². The van der Waals surface area contributed by atoms with E-state index in [1.54, 1.807) is 12.1 Å². The minimum Gasteiger partial charge on any atom is -0.493 e. The molecule has 1 aromatic carbocycles. The number of hydrogen-bond acceptors (Lipinski definition) is 6. The van der Waals surface area contributed by atoms with Crippen molar-refractivity contribution >= 4 is 15.7 Å². The van der Waals surface area contributed by atoms with Gasteiger partial charge in [0.25, 0.3) is 0 Å². The molecule has 0 fully saturated rings. The first-order valence-electron chi connectivity index (χ1n) is 6.48. The number of unbranched alkanes of at least 4 members (excludes halogenated alkanes) is 1. The van der Waals surface area contributed by atoms with Gasteiger partial charge < -0.3 is 19.9 Å². The monoisotopic (exact) mass is 318 g/mol. The largest absolute Gasteiger partial charge is 0.493 e. The van der Waals surface area contributed by atoms with Gasteiger partial charge in [0, 0.05) is 12.1 Å². The average Bonchev–Trinajstić information content (AvgIpc) is 2.45. The molecular formula is C13H22N2O5S. The van der Waals surface area contributed by atoms with Crippen molar-refractivity contribution in [1.29, 1.82) is 0 Å². The summed E-state index contributed by atoms with van der Waals surface area (Å²) in [6, 6.07) is 3.09. The molecule has 0 radical (unpaired) electrons. The van der Waals surface area contributed by atoms with E-state index in [-0.39, 0.29) is 5.75 Å². The topological polar surface area (TPSA) is 99.9 Å². The molecule has 0 aliphatic carbocycles. The fourth-order valence-electron chi connectivity index (χ4n) is 1.81. The molecule has 7 nitrogen and oxygen atoms in total. The van der Waals surface area contributed by atoms with Crippen molar-refractivity contribution in [3.63, 3.8) is 0 Å². The van der Waals surface area contributed by atoms with Crippen LogP contribution in [0.25, 0.3) is 0 Å². The van der Waals surface area contributed by atoms with Crippen molar-refractivity contribution in [2.24, 2.45) is 5.73 Å². The lowest BCUT2D eigenvalue weighted by molar-refractivity contribution is 0.325. The number of hydrogen-bond donors (Lipinski definition) is 2. The van der Waals surface area contributed by atoms with E-state index in [1.807, 2.05) is 0 Å². The van der Waals surface area contributed by atoms with Gasteiger partial charge in [-0.2, -0.15) is 0 Å². The normalized spacial score (nSPS) is 11.0. The fraction of sp³-hybridized carbons (Fsp3) is 0.538. The molecule has 0 aliphatic rings. The first kappa shape index (κ1) is 17.4. The maximum Gasteiger partial charge on any atom is 0.232 e. The van der Waals surface area contributed by atoms with E-state index < -0.39 is 10.0 Å². The van der Waals surface area contributed by atoms with Crippen molar-refractivity contribution in [2.45, 2.75) is 12.8 Å². The minimum atomic E-state index is -3.43. The zero-order valence-corrected chi connectivity index (χ0v) is 13.3. The van der Waals surface area contributed by atoms with E-state index in [4.69, 9.17) is 19.9 Å². The van der Waals surface area contributed by atoms with Crippen LogP contribution >= 0.6 is 0 Å². The summed E-state index contributed by atoms with van der Waals surface area (Å²) in [6.07, 6.45) is 1.17. The van der Waals surface area contributed by atoms with Gasteiger partial charge in [0.05, 0.1) is 32.8 Å². The second kappa shape index (κ2) is 7.94. The molecule has 0 heterocycles. The number of ether oxygens (including phenoxy) is 3. The Morgan fingerprint density at radius 3 is 2.05 bits per heavy atom. The Bertz CT molecular complexity index is 535. The Labute approximate surface area is 125 Å². The molecule has 0 saturated carbocycles. The molecule has 0 unspecified atom stereocenters. The molecular weight excluding hydrogens is 296 g/mol.